The highest BCUT2D eigenvalue weighted by atomic mass is 35.5. The molecule has 0 aromatic carbocycles. The molecule has 3 nitrogen and oxygen atoms in total. The van der Waals surface area contributed by atoms with E-state index in [4.69, 9.17) is 11.6 Å². The van der Waals surface area contributed by atoms with Gasteiger partial charge in [0, 0.05) is 37.5 Å². The predicted molar refractivity (Wildman–Crippen MR) is 83.1 cm³/mol. The zero-order chi connectivity index (χ0) is 14.3. The number of thiophene rings is 1. The summed E-state index contributed by atoms with van der Waals surface area (Å²) < 4.78 is 0.862. The minimum atomic E-state index is 0.319. The van der Waals surface area contributed by atoms with E-state index in [0.29, 0.717) is 23.8 Å². The highest BCUT2D eigenvalue weighted by Gasteiger charge is 2.41. The standard InChI is InChI=1S/C15H21ClN2OS/c1-17(9-13-3-4-14(16)20-13)12-5-10-7-15(19)18(2)8-11(10)6-12/h3-4,10-12H,5-9H2,1-2H3/t10-,11+,12-/m0/s1. The van der Waals surface area contributed by atoms with Gasteiger partial charge in [-0.05, 0) is 43.9 Å². The van der Waals surface area contributed by atoms with Crippen LogP contribution in [0.3, 0.4) is 0 Å². The van der Waals surface area contributed by atoms with Crippen molar-refractivity contribution in [2.45, 2.75) is 31.8 Å². The molecule has 1 saturated heterocycles. The lowest BCUT2D eigenvalue weighted by atomic mass is 9.88. The molecule has 3 atom stereocenters. The molecular weight excluding hydrogens is 292 g/mol. The number of nitrogens with zero attached hydrogens (tertiary/aromatic N) is 2. The molecule has 0 N–H and O–H groups in total. The second-order valence-electron chi connectivity index (χ2n) is 6.24. The van der Waals surface area contributed by atoms with Crippen LogP contribution in [0.25, 0.3) is 0 Å². The molecule has 1 aromatic heterocycles. The molecule has 110 valence electrons. The van der Waals surface area contributed by atoms with Crippen molar-refractivity contribution in [3.63, 3.8) is 0 Å². The van der Waals surface area contributed by atoms with Crippen LogP contribution in [0.5, 0.6) is 0 Å². The first-order valence-corrected chi connectivity index (χ1v) is 8.41. The van der Waals surface area contributed by atoms with E-state index >= 15 is 0 Å². The zero-order valence-corrected chi connectivity index (χ0v) is 13.6. The lowest BCUT2D eigenvalue weighted by Gasteiger charge is -2.31. The number of carbonyl (C=O) groups excluding carboxylic acids is 1. The van der Waals surface area contributed by atoms with E-state index in [-0.39, 0.29) is 0 Å². The van der Waals surface area contributed by atoms with Crippen LogP contribution in [-0.4, -0.2) is 42.4 Å². The minimum absolute atomic E-state index is 0.319. The van der Waals surface area contributed by atoms with Crippen LogP contribution in [0.1, 0.15) is 24.1 Å². The molecule has 1 aliphatic carbocycles. The molecule has 20 heavy (non-hydrogen) atoms. The lowest BCUT2D eigenvalue weighted by molar-refractivity contribution is -0.134. The topological polar surface area (TPSA) is 23.6 Å². The number of hydrogen-bond acceptors (Lipinski definition) is 3. The molecular formula is C15H21ClN2OS. The van der Waals surface area contributed by atoms with E-state index in [0.717, 1.165) is 23.8 Å². The van der Waals surface area contributed by atoms with Gasteiger partial charge in [-0.3, -0.25) is 9.69 Å². The number of carbonyl (C=O) groups is 1. The number of hydrogen-bond donors (Lipinski definition) is 0. The first kappa shape index (κ1) is 14.4. The Kier molecular flexibility index (Phi) is 4.07. The summed E-state index contributed by atoms with van der Waals surface area (Å²) >= 11 is 7.65. The molecule has 1 saturated carbocycles. The van der Waals surface area contributed by atoms with Crippen LogP contribution < -0.4 is 0 Å². The predicted octanol–water partition coefficient (Wildman–Crippen LogP) is 3.09. The Bertz CT molecular complexity index is 504. The molecule has 0 radical (unpaired) electrons. The fourth-order valence-corrected chi connectivity index (χ4v) is 4.81. The Balaban J connectivity index is 1.60. The number of amides is 1. The summed E-state index contributed by atoms with van der Waals surface area (Å²) in [5, 5.41) is 0. The molecule has 3 rings (SSSR count). The van der Waals surface area contributed by atoms with Crippen LogP contribution in [0, 0.1) is 11.8 Å². The Morgan fingerprint density at radius 3 is 2.85 bits per heavy atom. The summed E-state index contributed by atoms with van der Waals surface area (Å²) in [6.45, 7) is 1.91. The molecule has 5 heteroatoms. The highest BCUT2D eigenvalue weighted by Crippen LogP contribution is 2.40. The summed E-state index contributed by atoms with van der Waals surface area (Å²) in [5.74, 6) is 1.61. The first-order chi connectivity index (χ1) is 9.52. The maximum absolute atomic E-state index is 11.8. The first-order valence-electron chi connectivity index (χ1n) is 7.21. The summed E-state index contributed by atoms with van der Waals surface area (Å²) in [6.07, 6.45) is 3.13. The molecule has 1 aromatic rings. The van der Waals surface area contributed by atoms with Gasteiger partial charge in [-0.1, -0.05) is 11.6 Å². The van der Waals surface area contributed by atoms with Gasteiger partial charge in [0.15, 0.2) is 0 Å². The van der Waals surface area contributed by atoms with Crippen molar-refractivity contribution >= 4 is 28.8 Å². The second kappa shape index (κ2) is 5.66. The van der Waals surface area contributed by atoms with Crippen molar-refractivity contribution < 1.29 is 4.79 Å². The van der Waals surface area contributed by atoms with Gasteiger partial charge in [0.05, 0.1) is 4.34 Å². The van der Waals surface area contributed by atoms with Crippen LogP contribution in [0.15, 0.2) is 12.1 Å². The maximum atomic E-state index is 11.8. The van der Waals surface area contributed by atoms with Crippen LogP contribution >= 0.6 is 22.9 Å². The molecule has 1 aliphatic heterocycles. The molecule has 1 amide bonds. The van der Waals surface area contributed by atoms with Gasteiger partial charge in [0.2, 0.25) is 5.91 Å². The largest absolute Gasteiger partial charge is 0.345 e. The van der Waals surface area contributed by atoms with Crippen molar-refractivity contribution in [1.82, 2.24) is 9.80 Å². The molecule has 0 bridgehead atoms. The van der Waals surface area contributed by atoms with Crippen LogP contribution in [-0.2, 0) is 11.3 Å². The van der Waals surface area contributed by atoms with Crippen molar-refractivity contribution in [1.29, 1.82) is 0 Å². The third kappa shape index (κ3) is 2.87. The van der Waals surface area contributed by atoms with Crippen LogP contribution in [0.2, 0.25) is 4.34 Å². The van der Waals surface area contributed by atoms with Crippen molar-refractivity contribution in [2.75, 3.05) is 20.6 Å². The van der Waals surface area contributed by atoms with Gasteiger partial charge in [0.1, 0.15) is 0 Å². The number of halogens is 1. The van der Waals surface area contributed by atoms with E-state index in [1.54, 1.807) is 11.3 Å². The number of rotatable bonds is 3. The van der Waals surface area contributed by atoms with E-state index in [9.17, 15) is 4.79 Å². The van der Waals surface area contributed by atoms with Gasteiger partial charge < -0.3 is 4.90 Å². The Hall–Kier alpha value is -0.580. The molecule has 2 aliphatic rings. The normalized spacial score (nSPS) is 30.1. The summed E-state index contributed by atoms with van der Waals surface area (Å²) in [6, 6.07) is 4.69. The summed E-state index contributed by atoms with van der Waals surface area (Å²) in [4.78, 5) is 17.5. The van der Waals surface area contributed by atoms with E-state index < -0.39 is 0 Å². The number of likely N-dealkylation sites (tertiary alicyclic amines) is 1. The highest BCUT2D eigenvalue weighted by molar-refractivity contribution is 7.16. The molecule has 0 spiro atoms. The van der Waals surface area contributed by atoms with Gasteiger partial charge in [-0.2, -0.15) is 0 Å². The third-order valence-corrected chi connectivity index (χ3v) is 6.06. The molecule has 2 heterocycles. The molecule has 2 fully saturated rings. The van der Waals surface area contributed by atoms with Crippen molar-refractivity contribution in [3.8, 4) is 0 Å². The van der Waals surface area contributed by atoms with Gasteiger partial charge in [-0.15, -0.1) is 11.3 Å². The van der Waals surface area contributed by atoms with Gasteiger partial charge in [0.25, 0.3) is 0 Å². The zero-order valence-electron chi connectivity index (χ0n) is 12.0. The fourth-order valence-electron chi connectivity index (χ4n) is 3.66. The average molecular weight is 313 g/mol. The van der Waals surface area contributed by atoms with Gasteiger partial charge >= 0.3 is 0 Å². The fraction of sp³-hybridized carbons (Fsp3) is 0.667. The summed E-state index contributed by atoms with van der Waals surface area (Å²) in [7, 11) is 4.13. The quantitative estimate of drug-likeness (QED) is 0.856. The monoisotopic (exact) mass is 312 g/mol. The third-order valence-electron chi connectivity index (χ3n) is 4.84. The smallest absolute Gasteiger partial charge is 0.222 e. The Morgan fingerprint density at radius 1 is 1.40 bits per heavy atom. The van der Waals surface area contributed by atoms with E-state index in [1.165, 1.54) is 17.7 Å². The van der Waals surface area contributed by atoms with Gasteiger partial charge in [-0.25, -0.2) is 0 Å². The molecule has 0 unspecified atom stereocenters. The Morgan fingerprint density at radius 2 is 2.15 bits per heavy atom. The maximum Gasteiger partial charge on any atom is 0.222 e. The van der Waals surface area contributed by atoms with Crippen molar-refractivity contribution in [3.05, 3.63) is 21.3 Å². The van der Waals surface area contributed by atoms with E-state index in [1.807, 2.05) is 18.0 Å². The number of fused-ring (bicyclic) bond motifs is 1. The average Bonchev–Trinajstić information content (AvgIpc) is 2.96. The SMILES string of the molecule is CN1C[C@H]2C[C@@H](N(C)Cc3ccc(Cl)s3)C[C@H]2CC1=O. The Labute approximate surface area is 129 Å². The second-order valence-corrected chi connectivity index (χ2v) is 8.04. The van der Waals surface area contributed by atoms with Crippen LogP contribution in [0.4, 0.5) is 0 Å². The van der Waals surface area contributed by atoms with Crippen molar-refractivity contribution in [2.24, 2.45) is 11.8 Å². The summed E-state index contributed by atoms with van der Waals surface area (Å²) in [5.41, 5.74) is 0. The lowest BCUT2D eigenvalue weighted by Crippen LogP contribution is -2.39. The van der Waals surface area contributed by atoms with E-state index in [2.05, 4.69) is 18.0 Å². The minimum Gasteiger partial charge on any atom is -0.345 e. The number of piperidine rings is 1.